The number of carbonyl (C=O) groups excluding carboxylic acids is 1. The molecule has 0 aliphatic carbocycles. The number of carbonyl (C=O) groups is 1. The van der Waals surface area contributed by atoms with E-state index in [2.05, 4.69) is 16.6 Å². The van der Waals surface area contributed by atoms with E-state index in [1.165, 1.54) is 10.2 Å². The van der Waals surface area contributed by atoms with Crippen molar-refractivity contribution in [3.05, 3.63) is 101 Å². The van der Waals surface area contributed by atoms with Gasteiger partial charge in [-0.25, -0.2) is 17.8 Å². The Morgan fingerprint density at radius 3 is 2.39 bits per heavy atom. The molecule has 3 aromatic carbocycles. The number of nitrogens with zero attached hydrogens (tertiary/aromatic N) is 3. The van der Waals surface area contributed by atoms with Crippen molar-refractivity contribution < 1.29 is 13.2 Å². The lowest BCUT2D eigenvalue weighted by Crippen LogP contribution is -2.19. The van der Waals surface area contributed by atoms with Gasteiger partial charge >= 0.3 is 0 Å². The number of amides is 1. The summed E-state index contributed by atoms with van der Waals surface area (Å²) in [5, 5.41) is 14.1. The number of nitrogens with one attached hydrogen (secondary N) is 1. The first-order valence-electron chi connectivity index (χ1n) is 10.1. The maximum Gasteiger partial charge on any atom is 0.271 e. The van der Waals surface area contributed by atoms with Gasteiger partial charge in [0, 0.05) is 22.7 Å². The third kappa shape index (κ3) is 4.27. The predicted molar refractivity (Wildman–Crippen MR) is 127 cm³/mol. The van der Waals surface area contributed by atoms with Gasteiger partial charge in [-0.2, -0.15) is 10.4 Å². The molecule has 0 bridgehead atoms. The van der Waals surface area contributed by atoms with Gasteiger partial charge in [0.15, 0.2) is 0 Å². The standard InChI is InChI=1S/C25H20N4O3S/c1-17-8-11-21(12-9-17)33(31,32)29-16-23(22-14-19(15-26)10-13-24(22)29)18(2)27-28-25(30)20-6-4-3-5-7-20/h3-14,16H,1-2H3,(H,28,30)/b27-18+. The molecule has 1 N–H and O–H groups in total. The summed E-state index contributed by atoms with van der Waals surface area (Å²) in [5.41, 5.74) is 5.59. The third-order valence-electron chi connectivity index (χ3n) is 5.23. The number of nitriles is 1. The molecular formula is C25H20N4O3S. The Morgan fingerprint density at radius 2 is 1.73 bits per heavy atom. The molecule has 0 saturated carbocycles. The average Bonchev–Trinajstić information content (AvgIpc) is 3.23. The molecular weight excluding hydrogens is 436 g/mol. The third-order valence-corrected chi connectivity index (χ3v) is 6.92. The predicted octanol–water partition coefficient (Wildman–Crippen LogP) is 4.21. The van der Waals surface area contributed by atoms with Crippen LogP contribution in [0.25, 0.3) is 10.9 Å². The summed E-state index contributed by atoms with van der Waals surface area (Å²) >= 11 is 0. The Balaban J connectivity index is 1.81. The highest BCUT2D eigenvalue weighted by Crippen LogP contribution is 2.28. The van der Waals surface area contributed by atoms with Gasteiger partial charge < -0.3 is 0 Å². The van der Waals surface area contributed by atoms with Gasteiger partial charge in [0.05, 0.1) is 27.8 Å². The normalized spacial score (nSPS) is 11.8. The van der Waals surface area contributed by atoms with Crippen molar-refractivity contribution in [2.24, 2.45) is 5.10 Å². The van der Waals surface area contributed by atoms with Crippen LogP contribution in [0.1, 0.15) is 34.0 Å². The van der Waals surface area contributed by atoms with Gasteiger partial charge in [0.1, 0.15) is 0 Å². The SMILES string of the molecule is C/C(=N\NC(=O)c1ccccc1)c1cn(S(=O)(=O)c2ccc(C)cc2)c2ccc(C#N)cc12. The maximum absolute atomic E-state index is 13.4. The van der Waals surface area contributed by atoms with Crippen molar-refractivity contribution >= 4 is 32.5 Å². The van der Waals surface area contributed by atoms with Crippen molar-refractivity contribution in [1.29, 1.82) is 5.26 Å². The zero-order valence-electron chi connectivity index (χ0n) is 18.0. The summed E-state index contributed by atoms with van der Waals surface area (Å²) < 4.78 is 28.0. The van der Waals surface area contributed by atoms with E-state index in [1.807, 2.05) is 6.92 Å². The van der Waals surface area contributed by atoms with Gasteiger partial charge in [0.2, 0.25) is 0 Å². The van der Waals surface area contributed by atoms with Crippen LogP contribution in [0.4, 0.5) is 0 Å². The largest absolute Gasteiger partial charge is 0.271 e. The summed E-state index contributed by atoms with van der Waals surface area (Å²) in [6.07, 6.45) is 1.47. The van der Waals surface area contributed by atoms with E-state index >= 15 is 0 Å². The van der Waals surface area contributed by atoms with Crippen molar-refractivity contribution in [2.75, 3.05) is 0 Å². The van der Waals surface area contributed by atoms with Gasteiger partial charge in [-0.15, -0.1) is 0 Å². The Kier molecular flexibility index (Phi) is 5.82. The molecule has 4 rings (SSSR count). The fraction of sp³-hybridized carbons (Fsp3) is 0.0800. The van der Waals surface area contributed by atoms with Gasteiger partial charge in [-0.3, -0.25) is 4.79 Å². The molecule has 0 aliphatic rings. The average molecular weight is 457 g/mol. The maximum atomic E-state index is 13.4. The minimum Gasteiger partial charge on any atom is -0.267 e. The van der Waals surface area contributed by atoms with Crippen LogP contribution >= 0.6 is 0 Å². The number of rotatable bonds is 5. The summed E-state index contributed by atoms with van der Waals surface area (Å²) in [7, 11) is -3.90. The van der Waals surface area contributed by atoms with E-state index in [-0.39, 0.29) is 10.8 Å². The summed E-state index contributed by atoms with van der Waals surface area (Å²) in [5.74, 6) is -0.385. The number of aryl methyl sites for hydroxylation is 1. The molecule has 7 nitrogen and oxygen atoms in total. The molecule has 164 valence electrons. The molecule has 0 unspecified atom stereocenters. The highest BCUT2D eigenvalue weighted by atomic mass is 32.2. The van der Waals surface area contributed by atoms with Crippen LogP contribution in [0, 0.1) is 18.3 Å². The molecule has 0 fully saturated rings. The molecule has 1 heterocycles. The first-order valence-corrected chi connectivity index (χ1v) is 11.5. The molecule has 0 spiro atoms. The fourth-order valence-corrected chi connectivity index (χ4v) is 4.80. The number of hydrogen-bond acceptors (Lipinski definition) is 5. The van der Waals surface area contributed by atoms with Gasteiger partial charge in [-0.05, 0) is 56.3 Å². The number of hydrogen-bond donors (Lipinski definition) is 1. The monoisotopic (exact) mass is 456 g/mol. The summed E-state index contributed by atoms with van der Waals surface area (Å²) in [4.78, 5) is 12.5. The van der Waals surface area contributed by atoms with E-state index in [0.717, 1.165) is 5.56 Å². The van der Waals surface area contributed by atoms with Gasteiger partial charge in [0.25, 0.3) is 15.9 Å². The first-order chi connectivity index (χ1) is 15.8. The second-order valence-corrected chi connectivity index (χ2v) is 9.32. The quantitative estimate of drug-likeness (QED) is 0.359. The molecule has 0 atom stereocenters. The summed E-state index contributed by atoms with van der Waals surface area (Å²) in [6, 6.07) is 22.1. The van der Waals surface area contributed by atoms with E-state index in [0.29, 0.717) is 33.3 Å². The Morgan fingerprint density at radius 1 is 1.03 bits per heavy atom. The highest BCUT2D eigenvalue weighted by molar-refractivity contribution is 7.90. The molecule has 0 radical (unpaired) electrons. The molecule has 0 aliphatic heterocycles. The number of fused-ring (bicyclic) bond motifs is 1. The topological polar surface area (TPSA) is 104 Å². The molecule has 1 aromatic heterocycles. The van der Waals surface area contributed by atoms with E-state index in [1.54, 1.807) is 79.7 Å². The van der Waals surface area contributed by atoms with E-state index < -0.39 is 10.0 Å². The molecule has 8 heteroatoms. The number of hydrazone groups is 1. The van der Waals surface area contributed by atoms with Crippen molar-refractivity contribution in [1.82, 2.24) is 9.40 Å². The van der Waals surface area contributed by atoms with Crippen LogP contribution < -0.4 is 5.43 Å². The van der Waals surface area contributed by atoms with Crippen LogP contribution in [0.2, 0.25) is 0 Å². The van der Waals surface area contributed by atoms with Gasteiger partial charge in [-0.1, -0.05) is 35.9 Å². The smallest absolute Gasteiger partial charge is 0.267 e. The van der Waals surface area contributed by atoms with Crippen molar-refractivity contribution in [3.63, 3.8) is 0 Å². The highest BCUT2D eigenvalue weighted by Gasteiger charge is 2.22. The summed E-state index contributed by atoms with van der Waals surface area (Å²) in [6.45, 7) is 3.55. The lowest BCUT2D eigenvalue weighted by molar-refractivity contribution is 0.0955. The second kappa shape index (κ2) is 8.73. The Hall–Kier alpha value is -4.22. The second-order valence-electron chi connectivity index (χ2n) is 7.50. The van der Waals surface area contributed by atoms with Crippen LogP contribution in [0.15, 0.2) is 89.0 Å². The van der Waals surface area contributed by atoms with E-state index in [9.17, 15) is 18.5 Å². The molecule has 33 heavy (non-hydrogen) atoms. The first kappa shape index (κ1) is 22.0. The van der Waals surface area contributed by atoms with Crippen LogP contribution in [-0.4, -0.2) is 24.0 Å². The minimum absolute atomic E-state index is 0.146. The van der Waals surface area contributed by atoms with Crippen molar-refractivity contribution in [3.8, 4) is 6.07 Å². The number of aromatic nitrogens is 1. The zero-order chi connectivity index (χ0) is 23.6. The van der Waals surface area contributed by atoms with Crippen LogP contribution in [0.5, 0.6) is 0 Å². The van der Waals surface area contributed by atoms with Crippen molar-refractivity contribution in [2.45, 2.75) is 18.7 Å². The molecule has 0 saturated heterocycles. The Labute approximate surface area is 191 Å². The zero-order valence-corrected chi connectivity index (χ0v) is 18.8. The van der Waals surface area contributed by atoms with Crippen LogP contribution in [-0.2, 0) is 10.0 Å². The Bertz CT molecular complexity index is 1530. The number of benzene rings is 3. The molecule has 4 aromatic rings. The molecule has 1 amide bonds. The minimum atomic E-state index is -3.90. The lowest BCUT2D eigenvalue weighted by Gasteiger charge is -2.08. The van der Waals surface area contributed by atoms with E-state index in [4.69, 9.17) is 0 Å². The lowest BCUT2D eigenvalue weighted by atomic mass is 10.1. The van der Waals surface area contributed by atoms with Crippen LogP contribution in [0.3, 0.4) is 0 Å². The fourth-order valence-electron chi connectivity index (χ4n) is 3.43.